The zero-order valence-electron chi connectivity index (χ0n) is 13.0. The third-order valence-electron chi connectivity index (χ3n) is 4.03. The van der Waals surface area contributed by atoms with Gasteiger partial charge in [-0.3, -0.25) is 18.5 Å². The molecule has 0 aliphatic heterocycles. The Morgan fingerprint density at radius 3 is 2.67 bits per heavy atom. The van der Waals surface area contributed by atoms with Crippen molar-refractivity contribution in [2.24, 2.45) is 14.1 Å². The van der Waals surface area contributed by atoms with Gasteiger partial charge in [0.25, 0.3) is 5.56 Å². The lowest BCUT2D eigenvalue weighted by Crippen LogP contribution is -2.37. The molecular formula is C15H13BrN6O2. The molecule has 4 aromatic rings. The van der Waals surface area contributed by atoms with E-state index in [0.29, 0.717) is 16.9 Å². The predicted octanol–water partition coefficient (Wildman–Crippen LogP) is 0.892. The van der Waals surface area contributed by atoms with E-state index >= 15 is 0 Å². The lowest BCUT2D eigenvalue weighted by molar-refractivity contribution is 0.682. The number of pyridine rings is 1. The summed E-state index contributed by atoms with van der Waals surface area (Å²) in [5.41, 5.74) is 1.54. The number of halogens is 1. The maximum atomic E-state index is 12.3. The summed E-state index contributed by atoms with van der Waals surface area (Å²) in [7, 11) is 3.07. The summed E-state index contributed by atoms with van der Waals surface area (Å²) in [6.07, 6.45) is 3.82. The molecule has 0 saturated heterocycles. The fourth-order valence-corrected chi connectivity index (χ4v) is 3.30. The highest BCUT2D eigenvalue weighted by Gasteiger charge is 2.18. The molecule has 0 amide bonds. The maximum Gasteiger partial charge on any atom is 0.332 e. The normalized spacial score (nSPS) is 11.6. The lowest BCUT2D eigenvalue weighted by atomic mass is 10.4. The summed E-state index contributed by atoms with van der Waals surface area (Å²) in [4.78, 5) is 33.3. The van der Waals surface area contributed by atoms with Crippen LogP contribution in [-0.2, 0) is 20.6 Å². The van der Waals surface area contributed by atoms with Crippen LogP contribution in [0, 0.1) is 0 Å². The number of aryl methyl sites for hydroxylation is 1. The number of rotatable bonds is 2. The molecular weight excluding hydrogens is 376 g/mol. The molecule has 122 valence electrons. The molecule has 0 N–H and O–H groups in total. The quantitative estimate of drug-likeness (QED) is 0.477. The third-order valence-corrected chi connectivity index (χ3v) is 4.63. The van der Waals surface area contributed by atoms with Crippen LogP contribution in [0.3, 0.4) is 0 Å². The molecule has 0 aliphatic carbocycles. The summed E-state index contributed by atoms with van der Waals surface area (Å²) < 4.78 is 6.63. The fraction of sp³-hybridized carbons (Fsp3) is 0.200. The van der Waals surface area contributed by atoms with Gasteiger partial charge < -0.3 is 4.40 Å². The largest absolute Gasteiger partial charge is 0.332 e. The van der Waals surface area contributed by atoms with Crippen LogP contribution in [-0.4, -0.2) is 28.1 Å². The van der Waals surface area contributed by atoms with Crippen LogP contribution >= 0.6 is 15.9 Å². The van der Waals surface area contributed by atoms with Crippen LogP contribution in [0.1, 0.15) is 5.69 Å². The molecule has 0 spiro atoms. The number of hydrogen-bond donors (Lipinski definition) is 0. The first-order valence-corrected chi connectivity index (χ1v) is 8.01. The van der Waals surface area contributed by atoms with Crippen LogP contribution in [0.4, 0.5) is 0 Å². The van der Waals surface area contributed by atoms with Gasteiger partial charge in [-0.25, -0.2) is 14.8 Å². The van der Waals surface area contributed by atoms with Gasteiger partial charge in [0.2, 0.25) is 0 Å². The van der Waals surface area contributed by atoms with Crippen molar-refractivity contribution in [3.63, 3.8) is 0 Å². The van der Waals surface area contributed by atoms with E-state index < -0.39 is 11.2 Å². The van der Waals surface area contributed by atoms with Crippen LogP contribution in [0.5, 0.6) is 0 Å². The molecule has 0 radical (unpaired) electrons. The van der Waals surface area contributed by atoms with E-state index in [-0.39, 0.29) is 5.52 Å². The van der Waals surface area contributed by atoms with E-state index in [9.17, 15) is 9.59 Å². The first kappa shape index (κ1) is 14.9. The third kappa shape index (κ3) is 2.04. The van der Waals surface area contributed by atoms with Gasteiger partial charge in [0.1, 0.15) is 5.65 Å². The average Bonchev–Trinajstić information content (AvgIpc) is 3.12. The Balaban J connectivity index is 1.95. The Bertz CT molecular complexity index is 1180. The summed E-state index contributed by atoms with van der Waals surface area (Å²) in [6.45, 7) is 0.388. The predicted molar refractivity (Wildman–Crippen MR) is 92.2 cm³/mol. The summed E-state index contributed by atoms with van der Waals surface area (Å²) in [5.74, 6) is 0. The molecule has 24 heavy (non-hydrogen) atoms. The van der Waals surface area contributed by atoms with E-state index in [1.54, 1.807) is 11.6 Å². The van der Waals surface area contributed by atoms with Crippen LogP contribution in [0.2, 0.25) is 0 Å². The minimum absolute atomic E-state index is 0.246. The maximum absolute atomic E-state index is 12.3. The monoisotopic (exact) mass is 388 g/mol. The molecule has 0 fully saturated rings. The molecule has 0 unspecified atom stereocenters. The summed E-state index contributed by atoms with van der Waals surface area (Å²) in [6, 6.07) is 5.76. The molecule has 9 heteroatoms. The lowest BCUT2D eigenvalue weighted by Gasteiger charge is -2.08. The van der Waals surface area contributed by atoms with Crippen LogP contribution in [0.25, 0.3) is 16.8 Å². The second-order valence-electron chi connectivity index (χ2n) is 5.54. The molecule has 0 bridgehead atoms. The number of imidazole rings is 2. The number of aromatic nitrogens is 6. The Hall–Kier alpha value is -2.68. The molecule has 4 heterocycles. The molecule has 0 aliphatic rings. The second kappa shape index (κ2) is 5.17. The smallest absolute Gasteiger partial charge is 0.307 e. The number of hydrogen-bond acceptors (Lipinski definition) is 4. The summed E-state index contributed by atoms with van der Waals surface area (Å²) in [5, 5.41) is 0. The summed E-state index contributed by atoms with van der Waals surface area (Å²) >= 11 is 3.38. The zero-order chi connectivity index (χ0) is 17.0. The second-order valence-corrected chi connectivity index (χ2v) is 6.25. The minimum Gasteiger partial charge on any atom is -0.307 e. The number of nitrogens with zero attached hydrogens (tertiary/aromatic N) is 6. The zero-order valence-corrected chi connectivity index (χ0v) is 14.6. The topological polar surface area (TPSA) is 79.1 Å². The standard InChI is InChI=1S/C15H13BrN6O2/c1-19-12-11(13(23)20(2)15(19)24)18-14(16)22(12)8-9-7-21-6-4-3-5-10(21)17-9/h3-7H,8H2,1-2H3. The van der Waals surface area contributed by atoms with Crippen molar-refractivity contribution in [2.45, 2.75) is 6.54 Å². The van der Waals surface area contributed by atoms with Crippen molar-refractivity contribution in [1.29, 1.82) is 0 Å². The average molecular weight is 389 g/mol. The van der Waals surface area contributed by atoms with E-state index in [0.717, 1.165) is 15.9 Å². The van der Waals surface area contributed by atoms with Crippen molar-refractivity contribution in [3.05, 3.63) is 61.9 Å². The Morgan fingerprint density at radius 2 is 1.92 bits per heavy atom. The van der Waals surface area contributed by atoms with Gasteiger partial charge in [0.05, 0.1) is 12.2 Å². The van der Waals surface area contributed by atoms with Crippen molar-refractivity contribution in [2.75, 3.05) is 0 Å². The molecule has 0 aromatic carbocycles. The minimum atomic E-state index is -0.414. The van der Waals surface area contributed by atoms with E-state index in [1.807, 2.05) is 35.0 Å². The first-order chi connectivity index (χ1) is 11.5. The van der Waals surface area contributed by atoms with Crippen molar-refractivity contribution >= 4 is 32.7 Å². The van der Waals surface area contributed by atoms with Crippen molar-refractivity contribution in [1.82, 2.24) is 28.1 Å². The van der Waals surface area contributed by atoms with Crippen LogP contribution in [0.15, 0.2) is 44.9 Å². The molecule has 0 saturated carbocycles. The molecule has 4 rings (SSSR count). The van der Waals surface area contributed by atoms with E-state index in [2.05, 4.69) is 25.9 Å². The highest BCUT2D eigenvalue weighted by atomic mass is 79.9. The fourth-order valence-electron chi connectivity index (χ4n) is 2.83. The van der Waals surface area contributed by atoms with Gasteiger partial charge >= 0.3 is 5.69 Å². The Kier molecular flexibility index (Phi) is 3.20. The highest BCUT2D eigenvalue weighted by Crippen LogP contribution is 2.18. The molecule has 4 aromatic heterocycles. The SMILES string of the molecule is Cn1c(=O)c2nc(Br)n(Cc3cn4ccccc4n3)c2n(C)c1=O. The number of fused-ring (bicyclic) bond motifs is 2. The van der Waals surface area contributed by atoms with Gasteiger partial charge in [0.15, 0.2) is 15.9 Å². The van der Waals surface area contributed by atoms with Gasteiger partial charge in [-0.15, -0.1) is 0 Å². The molecule has 8 nitrogen and oxygen atoms in total. The Labute approximate surface area is 143 Å². The van der Waals surface area contributed by atoms with Crippen LogP contribution < -0.4 is 11.2 Å². The Morgan fingerprint density at radius 1 is 1.12 bits per heavy atom. The highest BCUT2D eigenvalue weighted by molar-refractivity contribution is 9.10. The van der Waals surface area contributed by atoms with Crippen molar-refractivity contribution in [3.8, 4) is 0 Å². The van der Waals surface area contributed by atoms with Gasteiger partial charge in [-0.1, -0.05) is 6.07 Å². The van der Waals surface area contributed by atoms with E-state index in [1.165, 1.54) is 11.6 Å². The first-order valence-electron chi connectivity index (χ1n) is 7.21. The van der Waals surface area contributed by atoms with Crippen molar-refractivity contribution < 1.29 is 0 Å². The van der Waals surface area contributed by atoms with Gasteiger partial charge in [-0.05, 0) is 28.1 Å². The van der Waals surface area contributed by atoms with E-state index in [4.69, 9.17) is 0 Å². The van der Waals surface area contributed by atoms with Gasteiger partial charge in [0, 0.05) is 26.5 Å². The molecule has 0 atom stereocenters. The van der Waals surface area contributed by atoms with Gasteiger partial charge in [-0.2, -0.15) is 0 Å².